The Morgan fingerprint density at radius 3 is 2.35 bits per heavy atom. The molecule has 20 heavy (non-hydrogen) atoms. The van der Waals surface area contributed by atoms with Gasteiger partial charge in [0.15, 0.2) is 0 Å². The van der Waals surface area contributed by atoms with Gasteiger partial charge < -0.3 is 5.32 Å². The van der Waals surface area contributed by atoms with Crippen molar-refractivity contribution in [1.29, 1.82) is 0 Å². The fourth-order valence-electron chi connectivity index (χ4n) is 1.90. The van der Waals surface area contributed by atoms with E-state index < -0.39 is 23.6 Å². The average Bonchev–Trinajstić information content (AvgIpc) is 2.75. The lowest BCUT2D eigenvalue weighted by atomic mass is 10.0. The van der Waals surface area contributed by atoms with Crippen LogP contribution in [0, 0.1) is 5.82 Å². The van der Waals surface area contributed by atoms with Crippen molar-refractivity contribution in [3.8, 4) is 0 Å². The number of benzene rings is 1. The van der Waals surface area contributed by atoms with Gasteiger partial charge in [0.05, 0.1) is 15.9 Å². The zero-order valence-corrected chi connectivity index (χ0v) is 11.8. The zero-order chi connectivity index (χ0) is 14.9. The van der Waals surface area contributed by atoms with E-state index in [1.807, 2.05) is 0 Å². The maximum absolute atomic E-state index is 13.6. The highest BCUT2D eigenvalue weighted by molar-refractivity contribution is 7.16. The van der Waals surface area contributed by atoms with Crippen molar-refractivity contribution in [1.82, 2.24) is 5.32 Å². The maximum atomic E-state index is 13.6. The standard InChI is InChI=1S/C13H10ClF4NS/c1-19-12(10-4-5-11(14)20-10)7-2-3-8(9(15)6-7)13(16,17)18/h2-6,12,19H,1H3. The molecule has 1 aromatic heterocycles. The highest BCUT2D eigenvalue weighted by Crippen LogP contribution is 2.35. The minimum atomic E-state index is -4.69. The quantitative estimate of drug-likeness (QED) is 0.795. The number of hydrogen-bond donors (Lipinski definition) is 1. The van der Waals surface area contributed by atoms with Gasteiger partial charge >= 0.3 is 6.18 Å². The third kappa shape index (κ3) is 3.13. The Hall–Kier alpha value is -1.11. The van der Waals surface area contributed by atoms with Gasteiger partial charge in [-0.25, -0.2) is 4.39 Å². The van der Waals surface area contributed by atoms with E-state index in [1.165, 1.54) is 17.4 Å². The molecular weight excluding hydrogens is 314 g/mol. The van der Waals surface area contributed by atoms with Crippen LogP contribution in [-0.2, 0) is 6.18 Å². The maximum Gasteiger partial charge on any atom is 0.419 e. The van der Waals surface area contributed by atoms with Crippen LogP contribution >= 0.6 is 22.9 Å². The molecule has 0 spiro atoms. The van der Waals surface area contributed by atoms with Crippen molar-refractivity contribution >= 4 is 22.9 Å². The van der Waals surface area contributed by atoms with Gasteiger partial charge in [-0.2, -0.15) is 13.2 Å². The Morgan fingerprint density at radius 2 is 1.90 bits per heavy atom. The summed E-state index contributed by atoms with van der Waals surface area (Å²) in [6, 6.07) is 5.96. The molecule has 0 aliphatic carbocycles. The molecule has 2 aromatic rings. The van der Waals surface area contributed by atoms with Gasteiger partial charge in [-0.3, -0.25) is 0 Å². The molecule has 0 radical (unpaired) electrons. The van der Waals surface area contributed by atoms with Crippen LogP contribution < -0.4 is 5.32 Å². The van der Waals surface area contributed by atoms with Crippen molar-refractivity contribution in [3.05, 3.63) is 56.5 Å². The first kappa shape index (κ1) is 15.3. The van der Waals surface area contributed by atoms with Crippen LogP contribution in [0.3, 0.4) is 0 Å². The molecule has 108 valence electrons. The number of hydrogen-bond acceptors (Lipinski definition) is 2. The Morgan fingerprint density at radius 1 is 1.20 bits per heavy atom. The highest BCUT2D eigenvalue weighted by Gasteiger charge is 2.34. The van der Waals surface area contributed by atoms with Crippen LogP contribution in [0.25, 0.3) is 0 Å². The van der Waals surface area contributed by atoms with Gasteiger partial charge in [-0.15, -0.1) is 11.3 Å². The van der Waals surface area contributed by atoms with Crippen molar-refractivity contribution in [2.75, 3.05) is 7.05 Å². The third-order valence-corrected chi connectivity index (χ3v) is 4.10. The molecule has 1 unspecified atom stereocenters. The van der Waals surface area contributed by atoms with E-state index in [2.05, 4.69) is 5.32 Å². The highest BCUT2D eigenvalue weighted by atomic mass is 35.5. The molecule has 0 fully saturated rings. The summed E-state index contributed by atoms with van der Waals surface area (Å²) in [5, 5.41) is 2.94. The van der Waals surface area contributed by atoms with Crippen LogP contribution in [0.2, 0.25) is 4.34 Å². The summed E-state index contributed by atoms with van der Waals surface area (Å²) >= 11 is 7.12. The molecular formula is C13H10ClF4NS. The predicted molar refractivity (Wildman–Crippen MR) is 71.6 cm³/mol. The van der Waals surface area contributed by atoms with Crippen LogP contribution in [-0.4, -0.2) is 7.05 Å². The minimum absolute atomic E-state index is 0.399. The molecule has 0 amide bonds. The fourth-order valence-corrected chi connectivity index (χ4v) is 3.10. The molecule has 7 heteroatoms. The minimum Gasteiger partial charge on any atom is -0.309 e. The van der Waals surface area contributed by atoms with Gasteiger partial charge in [0.25, 0.3) is 0 Å². The normalized spacial score (nSPS) is 13.5. The van der Waals surface area contributed by atoms with Crippen LogP contribution in [0.15, 0.2) is 30.3 Å². The molecule has 0 aliphatic rings. The monoisotopic (exact) mass is 323 g/mol. The van der Waals surface area contributed by atoms with Crippen molar-refractivity contribution in [3.63, 3.8) is 0 Å². The van der Waals surface area contributed by atoms with E-state index in [-0.39, 0.29) is 0 Å². The van der Waals surface area contributed by atoms with E-state index in [1.54, 1.807) is 19.2 Å². The molecule has 1 N–H and O–H groups in total. The summed E-state index contributed by atoms with van der Waals surface area (Å²) in [5.41, 5.74) is -0.850. The summed E-state index contributed by atoms with van der Waals surface area (Å²) in [4.78, 5) is 0.802. The largest absolute Gasteiger partial charge is 0.419 e. The second-order valence-corrected chi connectivity index (χ2v) is 5.85. The van der Waals surface area contributed by atoms with E-state index >= 15 is 0 Å². The van der Waals surface area contributed by atoms with Crippen LogP contribution in [0.4, 0.5) is 17.6 Å². The second-order valence-electron chi connectivity index (χ2n) is 4.10. The molecule has 0 saturated carbocycles. The Labute approximate surface area is 122 Å². The van der Waals surface area contributed by atoms with Crippen LogP contribution in [0.5, 0.6) is 0 Å². The zero-order valence-electron chi connectivity index (χ0n) is 10.3. The molecule has 0 saturated heterocycles. The lowest BCUT2D eigenvalue weighted by Crippen LogP contribution is -2.17. The summed E-state index contributed by atoms with van der Waals surface area (Å²) in [6.07, 6.45) is -4.69. The lowest BCUT2D eigenvalue weighted by Gasteiger charge is -2.16. The van der Waals surface area contributed by atoms with Crippen LogP contribution in [0.1, 0.15) is 22.0 Å². The number of nitrogens with one attached hydrogen (secondary N) is 1. The summed E-state index contributed by atoms with van der Waals surface area (Å²) < 4.78 is 51.7. The molecule has 1 heterocycles. The van der Waals surface area contributed by atoms with Gasteiger partial charge in [-0.1, -0.05) is 17.7 Å². The number of rotatable bonds is 3. The third-order valence-electron chi connectivity index (χ3n) is 2.80. The molecule has 0 aliphatic heterocycles. The summed E-state index contributed by atoms with van der Waals surface area (Å²) in [7, 11) is 1.65. The Bertz CT molecular complexity index is 609. The lowest BCUT2D eigenvalue weighted by molar-refractivity contribution is -0.140. The van der Waals surface area contributed by atoms with Gasteiger partial charge in [0.2, 0.25) is 0 Å². The smallest absolute Gasteiger partial charge is 0.309 e. The molecule has 1 aromatic carbocycles. The van der Waals surface area contributed by atoms with E-state index in [0.717, 1.165) is 17.0 Å². The van der Waals surface area contributed by atoms with Gasteiger partial charge in [-0.05, 0) is 36.9 Å². The van der Waals surface area contributed by atoms with Crippen molar-refractivity contribution in [2.24, 2.45) is 0 Å². The number of thiophene rings is 1. The van der Waals surface area contributed by atoms with Crippen molar-refractivity contribution < 1.29 is 17.6 Å². The fraction of sp³-hybridized carbons (Fsp3) is 0.231. The molecule has 0 bridgehead atoms. The molecule has 1 nitrogen and oxygen atoms in total. The second kappa shape index (κ2) is 5.71. The average molecular weight is 324 g/mol. The summed E-state index contributed by atoms with van der Waals surface area (Å²) in [6.45, 7) is 0. The summed E-state index contributed by atoms with van der Waals surface area (Å²) in [5.74, 6) is -1.28. The predicted octanol–water partition coefficient (Wildman–Crippen LogP) is 4.87. The molecule has 2 rings (SSSR count). The topological polar surface area (TPSA) is 12.0 Å². The number of alkyl halides is 3. The molecule has 1 atom stereocenters. The van der Waals surface area contributed by atoms with E-state index in [4.69, 9.17) is 11.6 Å². The Kier molecular flexibility index (Phi) is 4.36. The van der Waals surface area contributed by atoms with E-state index in [9.17, 15) is 17.6 Å². The first-order valence-electron chi connectivity index (χ1n) is 5.62. The van der Waals surface area contributed by atoms with Gasteiger partial charge in [0, 0.05) is 4.88 Å². The van der Waals surface area contributed by atoms with Crippen molar-refractivity contribution in [2.45, 2.75) is 12.2 Å². The Balaban J connectivity index is 2.39. The number of halogens is 5. The van der Waals surface area contributed by atoms with Gasteiger partial charge in [0.1, 0.15) is 5.82 Å². The van der Waals surface area contributed by atoms with E-state index in [0.29, 0.717) is 9.90 Å². The first-order valence-corrected chi connectivity index (χ1v) is 6.81. The first-order chi connectivity index (χ1) is 9.32. The SMILES string of the molecule is CNC(c1ccc(C(F)(F)F)c(F)c1)c1ccc(Cl)s1.